The third-order valence-electron chi connectivity index (χ3n) is 5.36. The van der Waals surface area contributed by atoms with Gasteiger partial charge in [-0.25, -0.2) is 4.57 Å². The lowest BCUT2D eigenvalue weighted by Crippen LogP contribution is -2.31. The molecule has 3 aromatic rings. The van der Waals surface area contributed by atoms with Crippen LogP contribution in [0.25, 0.3) is 22.4 Å². The van der Waals surface area contributed by atoms with Gasteiger partial charge in [-0.1, -0.05) is 12.1 Å². The number of pyridine rings is 2. The predicted octanol–water partition coefficient (Wildman–Crippen LogP) is 4.38. The van der Waals surface area contributed by atoms with Crippen LogP contribution in [0.5, 0.6) is 0 Å². The number of nitrogens with zero attached hydrogens (tertiary/aromatic N) is 2. The second kappa shape index (κ2) is 5.27. The molecule has 1 aliphatic rings. The Kier molecular flexibility index (Phi) is 3.31. The molecule has 0 bridgehead atoms. The van der Waals surface area contributed by atoms with Crippen molar-refractivity contribution in [2.75, 3.05) is 0 Å². The van der Waals surface area contributed by atoms with E-state index in [2.05, 4.69) is 75.8 Å². The maximum Gasteiger partial charge on any atom is 0.212 e. The molecule has 0 unspecified atom stereocenters. The van der Waals surface area contributed by atoms with Crippen LogP contribution in [0.15, 0.2) is 36.5 Å². The standard InChI is InChI=1S/C22H23N2/c1-13-10-22(24(5)12-14(13)2)17-8-9-18-19-7-6-15(3)23-21(19)11-20(18)16(17)4/h6-10,12H,11H2,1-5H3/q+1. The molecular formula is C22H23N2+. The molecule has 2 heteroatoms. The van der Waals surface area contributed by atoms with Crippen LogP contribution in [0.2, 0.25) is 0 Å². The van der Waals surface area contributed by atoms with Crippen molar-refractivity contribution in [1.29, 1.82) is 0 Å². The Morgan fingerprint density at radius 2 is 1.58 bits per heavy atom. The molecule has 2 nitrogen and oxygen atoms in total. The largest absolute Gasteiger partial charge is 0.257 e. The summed E-state index contributed by atoms with van der Waals surface area (Å²) >= 11 is 0. The van der Waals surface area contributed by atoms with Crippen LogP contribution >= 0.6 is 0 Å². The first kappa shape index (κ1) is 15.1. The molecule has 0 saturated heterocycles. The zero-order chi connectivity index (χ0) is 17.0. The highest BCUT2D eigenvalue weighted by Gasteiger charge is 2.25. The third-order valence-corrected chi connectivity index (χ3v) is 5.36. The highest BCUT2D eigenvalue weighted by atomic mass is 14.9. The first-order chi connectivity index (χ1) is 11.5. The van der Waals surface area contributed by atoms with E-state index in [-0.39, 0.29) is 0 Å². The number of hydrogen-bond acceptors (Lipinski definition) is 1. The topological polar surface area (TPSA) is 16.8 Å². The van der Waals surface area contributed by atoms with Gasteiger partial charge in [-0.3, -0.25) is 4.98 Å². The van der Waals surface area contributed by atoms with Crippen LogP contribution in [0.3, 0.4) is 0 Å². The Balaban J connectivity index is 1.90. The van der Waals surface area contributed by atoms with Gasteiger partial charge < -0.3 is 0 Å². The van der Waals surface area contributed by atoms with Crippen molar-refractivity contribution >= 4 is 0 Å². The van der Waals surface area contributed by atoms with E-state index in [0.29, 0.717) is 0 Å². The van der Waals surface area contributed by atoms with E-state index in [1.54, 1.807) is 0 Å². The van der Waals surface area contributed by atoms with Gasteiger partial charge in [0, 0.05) is 34.9 Å². The predicted molar refractivity (Wildman–Crippen MR) is 98.0 cm³/mol. The number of aromatic nitrogens is 2. The molecule has 1 aromatic carbocycles. The summed E-state index contributed by atoms with van der Waals surface area (Å²) in [5.74, 6) is 0. The van der Waals surface area contributed by atoms with E-state index in [0.717, 1.165) is 12.1 Å². The van der Waals surface area contributed by atoms with E-state index < -0.39 is 0 Å². The average Bonchev–Trinajstić information content (AvgIpc) is 2.90. The molecule has 0 saturated carbocycles. The smallest absolute Gasteiger partial charge is 0.212 e. The molecule has 1 aliphatic carbocycles. The zero-order valence-corrected chi connectivity index (χ0v) is 15.1. The fourth-order valence-corrected chi connectivity index (χ4v) is 3.82. The zero-order valence-electron chi connectivity index (χ0n) is 15.1. The SMILES string of the molecule is Cc1ccc2c(n1)Cc1c-2ccc(-c2cc(C)c(C)c[n+]2C)c1C. The molecule has 120 valence electrons. The van der Waals surface area contributed by atoms with Crippen molar-refractivity contribution < 1.29 is 4.57 Å². The average molecular weight is 315 g/mol. The van der Waals surface area contributed by atoms with Gasteiger partial charge in [-0.15, -0.1) is 0 Å². The van der Waals surface area contributed by atoms with Gasteiger partial charge in [-0.05, 0) is 62.1 Å². The van der Waals surface area contributed by atoms with Gasteiger partial charge in [0.25, 0.3) is 0 Å². The van der Waals surface area contributed by atoms with Gasteiger partial charge in [0.2, 0.25) is 5.69 Å². The van der Waals surface area contributed by atoms with Crippen molar-refractivity contribution in [2.45, 2.75) is 34.1 Å². The Hall–Kier alpha value is -2.48. The molecule has 0 spiro atoms. The van der Waals surface area contributed by atoms with Crippen molar-refractivity contribution in [3.05, 3.63) is 70.2 Å². The monoisotopic (exact) mass is 315 g/mol. The van der Waals surface area contributed by atoms with E-state index in [1.165, 1.54) is 50.3 Å². The molecule has 4 rings (SSSR count). The summed E-state index contributed by atoms with van der Waals surface area (Å²) in [6.07, 6.45) is 3.16. The Morgan fingerprint density at radius 1 is 0.875 bits per heavy atom. The van der Waals surface area contributed by atoms with Gasteiger partial charge in [0.15, 0.2) is 6.20 Å². The number of benzene rings is 1. The van der Waals surface area contributed by atoms with Crippen LogP contribution < -0.4 is 4.57 Å². The third kappa shape index (κ3) is 2.17. The van der Waals surface area contributed by atoms with Crippen LogP contribution in [-0.4, -0.2) is 4.98 Å². The first-order valence-corrected chi connectivity index (χ1v) is 8.52. The molecule has 0 atom stereocenters. The quantitative estimate of drug-likeness (QED) is 0.476. The molecule has 2 heterocycles. The van der Waals surface area contributed by atoms with Crippen molar-refractivity contribution in [3.8, 4) is 22.4 Å². The van der Waals surface area contributed by atoms with E-state index in [4.69, 9.17) is 4.98 Å². The minimum Gasteiger partial charge on any atom is -0.257 e. The Labute approximate surface area is 143 Å². The van der Waals surface area contributed by atoms with Crippen LogP contribution in [0.1, 0.15) is 33.6 Å². The van der Waals surface area contributed by atoms with Gasteiger partial charge in [0.05, 0.1) is 5.69 Å². The van der Waals surface area contributed by atoms with E-state index in [9.17, 15) is 0 Å². The molecule has 0 N–H and O–H groups in total. The number of aryl methyl sites for hydroxylation is 4. The Bertz CT molecular complexity index is 984. The molecule has 0 amide bonds. The van der Waals surface area contributed by atoms with Gasteiger partial charge >= 0.3 is 0 Å². The second-order valence-electron chi connectivity index (χ2n) is 7.02. The lowest BCUT2D eigenvalue weighted by atomic mass is 9.94. The van der Waals surface area contributed by atoms with E-state index in [1.807, 2.05) is 0 Å². The summed E-state index contributed by atoms with van der Waals surface area (Å²) in [6.45, 7) is 8.67. The molecule has 2 aromatic heterocycles. The highest BCUT2D eigenvalue weighted by Crippen LogP contribution is 2.40. The normalized spacial score (nSPS) is 12.2. The lowest BCUT2D eigenvalue weighted by Gasteiger charge is -2.11. The fraction of sp³-hybridized carbons (Fsp3) is 0.273. The van der Waals surface area contributed by atoms with Crippen molar-refractivity contribution in [3.63, 3.8) is 0 Å². The summed E-state index contributed by atoms with van der Waals surface area (Å²) in [7, 11) is 2.13. The van der Waals surface area contributed by atoms with E-state index >= 15 is 0 Å². The maximum atomic E-state index is 4.75. The summed E-state index contributed by atoms with van der Waals surface area (Å²) in [5, 5.41) is 0. The minimum atomic E-state index is 0.945. The first-order valence-electron chi connectivity index (χ1n) is 8.52. The number of hydrogen-bond donors (Lipinski definition) is 0. The highest BCUT2D eigenvalue weighted by molar-refractivity contribution is 5.81. The molecule has 0 aliphatic heterocycles. The van der Waals surface area contributed by atoms with Crippen LogP contribution in [0.4, 0.5) is 0 Å². The second-order valence-corrected chi connectivity index (χ2v) is 7.02. The molecular weight excluding hydrogens is 292 g/mol. The maximum absolute atomic E-state index is 4.75. The van der Waals surface area contributed by atoms with Crippen LogP contribution in [-0.2, 0) is 13.5 Å². The minimum absolute atomic E-state index is 0.945. The van der Waals surface area contributed by atoms with Gasteiger partial charge in [0.1, 0.15) is 7.05 Å². The molecule has 24 heavy (non-hydrogen) atoms. The van der Waals surface area contributed by atoms with Crippen molar-refractivity contribution in [1.82, 2.24) is 4.98 Å². The molecule has 0 radical (unpaired) electrons. The number of fused-ring (bicyclic) bond motifs is 3. The summed E-state index contributed by atoms with van der Waals surface area (Å²) in [6, 6.07) is 11.2. The molecule has 0 fully saturated rings. The summed E-state index contributed by atoms with van der Waals surface area (Å²) < 4.78 is 2.24. The summed E-state index contributed by atoms with van der Waals surface area (Å²) in [4.78, 5) is 4.75. The van der Waals surface area contributed by atoms with Crippen LogP contribution in [0, 0.1) is 27.7 Å². The lowest BCUT2D eigenvalue weighted by molar-refractivity contribution is -0.660. The Morgan fingerprint density at radius 3 is 2.38 bits per heavy atom. The summed E-state index contributed by atoms with van der Waals surface area (Å²) in [5.41, 5.74) is 13.0. The number of rotatable bonds is 1. The van der Waals surface area contributed by atoms with Crippen molar-refractivity contribution in [2.24, 2.45) is 7.05 Å². The fourth-order valence-electron chi connectivity index (χ4n) is 3.82. The van der Waals surface area contributed by atoms with Gasteiger partial charge in [-0.2, -0.15) is 0 Å².